The van der Waals surface area contributed by atoms with Crippen LogP contribution in [0, 0.1) is 0 Å². The summed E-state index contributed by atoms with van der Waals surface area (Å²) in [5, 5.41) is 4.17. The fourth-order valence-electron chi connectivity index (χ4n) is 2.27. The fourth-order valence-corrected chi connectivity index (χ4v) is 2.53. The Hall–Kier alpha value is -2.79. The summed E-state index contributed by atoms with van der Waals surface area (Å²) in [5.41, 5.74) is 2.60. The molecule has 3 aromatic rings. The molecule has 0 bridgehead atoms. The number of amides is 1. The smallest absolute Gasteiger partial charge is 0.407 e. The number of carbonyl (C=O) groups excluding carboxylic acids is 1. The molecule has 2 aromatic heterocycles. The van der Waals surface area contributed by atoms with Gasteiger partial charge in [0.05, 0.1) is 5.02 Å². The van der Waals surface area contributed by atoms with Gasteiger partial charge in [0.15, 0.2) is 0 Å². The maximum Gasteiger partial charge on any atom is 0.407 e. The number of aromatic amines is 1. The Morgan fingerprint density at radius 3 is 2.96 bits per heavy atom. The van der Waals surface area contributed by atoms with Crippen LogP contribution in [-0.2, 0) is 11.3 Å². The van der Waals surface area contributed by atoms with Crippen LogP contribution in [0.15, 0.2) is 54.9 Å². The lowest BCUT2D eigenvalue weighted by Gasteiger charge is -2.05. The maximum atomic E-state index is 11.6. The quantitative estimate of drug-likeness (QED) is 0.732. The Morgan fingerprint density at radius 1 is 1.29 bits per heavy atom. The fraction of sp³-hybridized carbons (Fsp3) is 0.111. The van der Waals surface area contributed by atoms with Gasteiger partial charge in [-0.1, -0.05) is 54.1 Å². The van der Waals surface area contributed by atoms with Gasteiger partial charge in [0.25, 0.3) is 0 Å². The molecule has 2 heterocycles. The Labute approximate surface area is 144 Å². The molecule has 0 aliphatic carbocycles. The highest BCUT2D eigenvalue weighted by atomic mass is 35.5. The van der Waals surface area contributed by atoms with Crippen molar-refractivity contribution >= 4 is 34.8 Å². The van der Waals surface area contributed by atoms with E-state index in [1.165, 1.54) is 0 Å². The lowest BCUT2D eigenvalue weighted by Crippen LogP contribution is -2.24. The third kappa shape index (κ3) is 3.94. The van der Waals surface area contributed by atoms with Crippen molar-refractivity contribution in [3.05, 3.63) is 71.0 Å². The predicted octanol–water partition coefficient (Wildman–Crippen LogP) is 4.16. The number of hydrogen-bond acceptors (Lipinski definition) is 3. The van der Waals surface area contributed by atoms with E-state index in [0.717, 1.165) is 22.2 Å². The van der Waals surface area contributed by atoms with Gasteiger partial charge in [0, 0.05) is 29.9 Å². The molecule has 0 atom stereocenters. The van der Waals surface area contributed by atoms with Crippen LogP contribution in [0.3, 0.4) is 0 Å². The van der Waals surface area contributed by atoms with E-state index in [9.17, 15) is 4.79 Å². The summed E-state index contributed by atoms with van der Waals surface area (Å²) in [6.45, 7) is 0.609. The molecule has 24 heavy (non-hydrogen) atoms. The van der Waals surface area contributed by atoms with E-state index in [4.69, 9.17) is 16.3 Å². The molecule has 0 radical (unpaired) electrons. The number of rotatable bonds is 5. The molecule has 122 valence electrons. The Morgan fingerprint density at radius 2 is 2.12 bits per heavy atom. The largest absolute Gasteiger partial charge is 0.445 e. The van der Waals surface area contributed by atoms with Crippen LogP contribution in [0.1, 0.15) is 11.1 Å². The van der Waals surface area contributed by atoms with Gasteiger partial charge >= 0.3 is 6.09 Å². The molecule has 0 unspecified atom stereocenters. The van der Waals surface area contributed by atoms with Gasteiger partial charge in [-0.05, 0) is 11.6 Å². The number of ether oxygens (including phenoxy) is 1. The van der Waals surface area contributed by atoms with Crippen LogP contribution >= 0.6 is 11.6 Å². The standard InChI is InChI=1S/C18H16ClN3O2/c19-15-8-10-20-17-16(15)14(11-22-17)7-4-9-21-18(23)24-12-13-5-2-1-3-6-13/h1-8,10-11H,9,12H2,(H,20,22)(H,21,23). The number of nitrogens with one attached hydrogen (secondary N) is 2. The second-order valence-electron chi connectivity index (χ2n) is 5.11. The molecular formula is C18H16ClN3O2. The molecule has 2 N–H and O–H groups in total. The molecule has 1 amide bonds. The summed E-state index contributed by atoms with van der Waals surface area (Å²) in [6, 6.07) is 11.3. The van der Waals surface area contributed by atoms with E-state index in [1.807, 2.05) is 48.7 Å². The molecule has 0 spiro atoms. The molecule has 6 heteroatoms. The monoisotopic (exact) mass is 341 g/mol. The zero-order valence-electron chi connectivity index (χ0n) is 12.8. The van der Waals surface area contributed by atoms with E-state index in [-0.39, 0.29) is 6.61 Å². The number of benzene rings is 1. The zero-order valence-corrected chi connectivity index (χ0v) is 13.6. The summed E-state index contributed by atoms with van der Waals surface area (Å²) < 4.78 is 5.13. The van der Waals surface area contributed by atoms with E-state index >= 15 is 0 Å². The molecule has 1 aromatic carbocycles. The summed E-state index contributed by atoms with van der Waals surface area (Å²) in [5.74, 6) is 0. The van der Waals surface area contributed by atoms with Crippen molar-refractivity contribution < 1.29 is 9.53 Å². The Bertz CT molecular complexity index is 859. The van der Waals surface area contributed by atoms with Crippen LogP contribution in [0.25, 0.3) is 17.1 Å². The lowest BCUT2D eigenvalue weighted by molar-refractivity contribution is 0.141. The highest BCUT2D eigenvalue weighted by Gasteiger charge is 2.05. The summed E-state index contributed by atoms with van der Waals surface area (Å²) >= 11 is 6.18. The number of H-pyrrole nitrogens is 1. The predicted molar refractivity (Wildman–Crippen MR) is 94.8 cm³/mol. The molecule has 0 aliphatic rings. The highest BCUT2D eigenvalue weighted by molar-refractivity contribution is 6.35. The van der Waals surface area contributed by atoms with Crippen molar-refractivity contribution in [3.63, 3.8) is 0 Å². The Balaban J connectivity index is 1.50. The topological polar surface area (TPSA) is 67.0 Å². The van der Waals surface area contributed by atoms with Crippen LogP contribution < -0.4 is 5.32 Å². The molecule has 5 nitrogen and oxygen atoms in total. The third-order valence-electron chi connectivity index (χ3n) is 3.43. The maximum absolute atomic E-state index is 11.6. The number of alkyl carbamates (subject to hydrolysis) is 1. The van der Waals surface area contributed by atoms with Crippen molar-refractivity contribution in [2.75, 3.05) is 6.54 Å². The number of fused-ring (bicyclic) bond motifs is 1. The van der Waals surface area contributed by atoms with Gasteiger partial charge in [-0.3, -0.25) is 0 Å². The molecule has 0 aliphatic heterocycles. The second kappa shape index (κ2) is 7.66. The van der Waals surface area contributed by atoms with Gasteiger partial charge < -0.3 is 15.0 Å². The zero-order chi connectivity index (χ0) is 16.8. The number of aromatic nitrogens is 2. The molecule has 0 saturated carbocycles. The van der Waals surface area contributed by atoms with Gasteiger partial charge in [0.1, 0.15) is 12.3 Å². The van der Waals surface area contributed by atoms with E-state index in [2.05, 4.69) is 15.3 Å². The third-order valence-corrected chi connectivity index (χ3v) is 3.74. The lowest BCUT2D eigenvalue weighted by atomic mass is 10.2. The highest BCUT2D eigenvalue weighted by Crippen LogP contribution is 2.25. The first-order valence-electron chi connectivity index (χ1n) is 7.47. The summed E-state index contributed by atoms with van der Waals surface area (Å²) in [6.07, 6.45) is 6.73. The van der Waals surface area contributed by atoms with Crippen molar-refractivity contribution in [1.82, 2.24) is 15.3 Å². The SMILES string of the molecule is O=C(NCC=Cc1c[nH]c2nccc(Cl)c12)OCc1ccccc1. The average Bonchev–Trinajstić information content (AvgIpc) is 3.02. The minimum atomic E-state index is -0.456. The van der Waals surface area contributed by atoms with Gasteiger partial charge in [0.2, 0.25) is 0 Å². The normalized spacial score (nSPS) is 11.0. The van der Waals surface area contributed by atoms with Crippen molar-refractivity contribution in [3.8, 4) is 0 Å². The van der Waals surface area contributed by atoms with Crippen molar-refractivity contribution in [2.24, 2.45) is 0 Å². The van der Waals surface area contributed by atoms with Crippen LogP contribution in [-0.4, -0.2) is 22.6 Å². The van der Waals surface area contributed by atoms with Crippen LogP contribution in [0.5, 0.6) is 0 Å². The summed E-state index contributed by atoms with van der Waals surface area (Å²) in [4.78, 5) is 18.9. The minimum Gasteiger partial charge on any atom is -0.445 e. The first-order valence-corrected chi connectivity index (χ1v) is 7.84. The van der Waals surface area contributed by atoms with Gasteiger partial charge in [-0.15, -0.1) is 0 Å². The molecule has 3 rings (SSSR count). The Kier molecular flexibility index (Phi) is 5.13. The second-order valence-corrected chi connectivity index (χ2v) is 5.51. The van der Waals surface area contributed by atoms with Crippen molar-refractivity contribution in [1.29, 1.82) is 0 Å². The minimum absolute atomic E-state index is 0.250. The van der Waals surface area contributed by atoms with Crippen LogP contribution in [0.2, 0.25) is 5.02 Å². The van der Waals surface area contributed by atoms with Gasteiger partial charge in [-0.2, -0.15) is 0 Å². The van der Waals surface area contributed by atoms with E-state index in [0.29, 0.717) is 11.6 Å². The summed E-state index contributed by atoms with van der Waals surface area (Å²) in [7, 11) is 0. The first-order chi connectivity index (χ1) is 11.7. The average molecular weight is 342 g/mol. The molecule has 0 fully saturated rings. The number of halogens is 1. The van der Waals surface area contributed by atoms with E-state index < -0.39 is 6.09 Å². The van der Waals surface area contributed by atoms with E-state index in [1.54, 1.807) is 12.3 Å². The van der Waals surface area contributed by atoms with Crippen LogP contribution in [0.4, 0.5) is 4.79 Å². The first kappa shape index (κ1) is 16.1. The number of pyridine rings is 1. The van der Waals surface area contributed by atoms with Gasteiger partial charge in [-0.25, -0.2) is 9.78 Å². The molecular weight excluding hydrogens is 326 g/mol. The van der Waals surface area contributed by atoms with Crippen molar-refractivity contribution in [2.45, 2.75) is 6.61 Å². The number of carbonyl (C=O) groups is 1. The number of nitrogens with zero attached hydrogens (tertiary/aromatic N) is 1. The molecule has 0 saturated heterocycles. The number of hydrogen-bond donors (Lipinski definition) is 2.